The lowest BCUT2D eigenvalue weighted by molar-refractivity contribution is 0.0515. The van der Waals surface area contributed by atoms with Crippen LogP contribution in [0.25, 0.3) is 0 Å². The van der Waals surface area contributed by atoms with E-state index in [2.05, 4.69) is 21.2 Å². The molecule has 0 aromatic heterocycles. The van der Waals surface area contributed by atoms with Crippen molar-refractivity contribution in [3.05, 3.63) is 35.1 Å². The molecule has 3 nitrogen and oxygen atoms in total. The van der Waals surface area contributed by atoms with Crippen LogP contribution in [0.2, 0.25) is 0 Å². The molecule has 20 heavy (non-hydrogen) atoms. The van der Waals surface area contributed by atoms with E-state index in [0.717, 1.165) is 63.7 Å². The average Bonchev–Trinajstić information content (AvgIpc) is 2.83. The number of nitrogens with one attached hydrogen (secondary N) is 1. The van der Waals surface area contributed by atoms with E-state index in [0.29, 0.717) is 6.04 Å². The summed E-state index contributed by atoms with van der Waals surface area (Å²) in [7, 11) is 0. The molecule has 4 rings (SSSR count). The SMILES string of the molecule is Fc1cccc2c1CCC2N1CCN(C2CNC2)CC1. The van der Waals surface area contributed by atoms with Crippen LogP contribution in [0.4, 0.5) is 4.39 Å². The van der Waals surface area contributed by atoms with Crippen LogP contribution in [0.3, 0.4) is 0 Å². The predicted molar refractivity (Wildman–Crippen MR) is 77.3 cm³/mol. The lowest BCUT2D eigenvalue weighted by Gasteiger charge is -2.44. The van der Waals surface area contributed by atoms with Crippen LogP contribution in [-0.4, -0.2) is 55.1 Å². The first-order chi connectivity index (χ1) is 9.83. The summed E-state index contributed by atoms with van der Waals surface area (Å²) < 4.78 is 13.8. The predicted octanol–water partition coefficient (Wildman–Crippen LogP) is 1.40. The summed E-state index contributed by atoms with van der Waals surface area (Å²) in [6.07, 6.45) is 1.99. The topological polar surface area (TPSA) is 18.5 Å². The number of halogens is 1. The highest BCUT2D eigenvalue weighted by Crippen LogP contribution is 2.37. The number of hydrogen-bond acceptors (Lipinski definition) is 3. The van der Waals surface area contributed by atoms with Crippen LogP contribution in [0.1, 0.15) is 23.6 Å². The second-order valence-corrected chi connectivity index (χ2v) is 6.25. The molecular weight excluding hydrogens is 253 g/mol. The summed E-state index contributed by atoms with van der Waals surface area (Å²) in [6.45, 7) is 6.87. The van der Waals surface area contributed by atoms with Crippen LogP contribution in [-0.2, 0) is 6.42 Å². The van der Waals surface area contributed by atoms with E-state index in [9.17, 15) is 4.39 Å². The van der Waals surface area contributed by atoms with Crippen LogP contribution in [0.15, 0.2) is 18.2 Å². The summed E-state index contributed by atoms with van der Waals surface area (Å²) in [5.74, 6) is -0.0100. The van der Waals surface area contributed by atoms with Gasteiger partial charge in [-0.1, -0.05) is 12.1 Å². The molecule has 0 amide bonds. The van der Waals surface area contributed by atoms with Crippen molar-refractivity contribution in [1.82, 2.24) is 15.1 Å². The minimum atomic E-state index is -0.0100. The second-order valence-electron chi connectivity index (χ2n) is 6.25. The lowest BCUT2D eigenvalue weighted by atomic mass is 10.0. The first-order valence-electron chi connectivity index (χ1n) is 7.79. The smallest absolute Gasteiger partial charge is 0.126 e. The molecule has 0 radical (unpaired) electrons. The Bertz CT molecular complexity index is 492. The molecule has 2 aliphatic heterocycles. The average molecular weight is 275 g/mol. The summed E-state index contributed by atoms with van der Waals surface area (Å²) in [6, 6.07) is 6.79. The minimum Gasteiger partial charge on any atom is -0.314 e. The molecule has 1 aromatic rings. The number of nitrogens with zero attached hydrogens (tertiary/aromatic N) is 2. The van der Waals surface area contributed by atoms with Gasteiger partial charge in [0.1, 0.15) is 5.82 Å². The Balaban J connectivity index is 1.44. The fourth-order valence-corrected chi connectivity index (χ4v) is 3.91. The molecule has 0 spiro atoms. The summed E-state index contributed by atoms with van der Waals surface area (Å²) in [5.41, 5.74) is 2.20. The number of rotatable bonds is 2. The molecule has 2 fully saturated rings. The summed E-state index contributed by atoms with van der Waals surface area (Å²) >= 11 is 0. The third-order valence-corrected chi connectivity index (χ3v) is 5.25. The van der Waals surface area contributed by atoms with Gasteiger partial charge in [-0.25, -0.2) is 4.39 Å². The maximum absolute atomic E-state index is 13.8. The zero-order valence-corrected chi connectivity index (χ0v) is 11.8. The van der Waals surface area contributed by atoms with Gasteiger partial charge in [0.05, 0.1) is 0 Å². The Labute approximate surface area is 119 Å². The zero-order chi connectivity index (χ0) is 13.5. The first kappa shape index (κ1) is 12.7. The second kappa shape index (κ2) is 5.10. The highest BCUT2D eigenvalue weighted by molar-refractivity contribution is 5.35. The van der Waals surface area contributed by atoms with Gasteiger partial charge in [0, 0.05) is 51.4 Å². The van der Waals surface area contributed by atoms with E-state index >= 15 is 0 Å². The van der Waals surface area contributed by atoms with Crippen molar-refractivity contribution in [1.29, 1.82) is 0 Å². The van der Waals surface area contributed by atoms with E-state index in [-0.39, 0.29) is 5.82 Å². The van der Waals surface area contributed by atoms with E-state index < -0.39 is 0 Å². The van der Waals surface area contributed by atoms with Crippen LogP contribution in [0, 0.1) is 5.82 Å². The van der Waals surface area contributed by atoms with Gasteiger partial charge in [-0.3, -0.25) is 9.80 Å². The monoisotopic (exact) mass is 275 g/mol. The Kier molecular flexibility index (Phi) is 3.25. The number of benzene rings is 1. The van der Waals surface area contributed by atoms with Crippen LogP contribution >= 0.6 is 0 Å². The minimum absolute atomic E-state index is 0.0100. The Morgan fingerprint density at radius 3 is 2.50 bits per heavy atom. The third kappa shape index (κ3) is 2.07. The third-order valence-electron chi connectivity index (χ3n) is 5.25. The number of fused-ring (bicyclic) bond motifs is 1. The maximum Gasteiger partial charge on any atom is 0.126 e. The van der Waals surface area contributed by atoms with Crippen molar-refractivity contribution in [2.45, 2.75) is 24.9 Å². The maximum atomic E-state index is 13.8. The largest absolute Gasteiger partial charge is 0.314 e. The van der Waals surface area contributed by atoms with Crippen molar-refractivity contribution in [3.8, 4) is 0 Å². The van der Waals surface area contributed by atoms with Crippen LogP contribution < -0.4 is 5.32 Å². The lowest BCUT2D eigenvalue weighted by Crippen LogP contribution is -2.61. The van der Waals surface area contributed by atoms with Crippen molar-refractivity contribution in [2.24, 2.45) is 0 Å². The quantitative estimate of drug-likeness (QED) is 0.880. The van der Waals surface area contributed by atoms with Crippen molar-refractivity contribution < 1.29 is 4.39 Å². The molecule has 1 aliphatic carbocycles. The molecule has 0 bridgehead atoms. The highest BCUT2D eigenvalue weighted by atomic mass is 19.1. The molecular formula is C16H22FN3. The summed E-state index contributed by atoms with van der Waals surface area (Å²) in [5, 5.41) is 3.35. The Hall–Kier alpha value is -0.970. The van der Waals surface area contributed by atoms with Crippen molar-refractivity contribution in [2.75, 3.05) is 39.3 Å². The number of piperazine rings is 1. The zero-order valence-electron chi connectivity index (χ0n) is 11.8. The van der Waals surface area contributed by atoms with E-state index in [1.807, 2.05) is 6.07 Å². The fourth-order valence-electron chi connectivity index (χ4n) is 3.91. The van der Waals surface area contributed by atoms with E-state index in [1.54, 1.807) is 6.07 Å². The van der Waals surface area contributed by atoms with Crippen LogP contribution in [0.5, 0.6) is 0 Å². The number of hydrogen-bond donors (Lipinski definition) is 1. The van der Waals surface area contributed by atoms with Gasteiger partial charge in [-0.15, -0.1) is 0 Å². The molecule has 2 saturated heterocycles. The highest BCUT2D eigenvalue weighted by Gasteiger charge is 2.33. The van der Waals surface area contributed by atoms with Crippen molar-refractivity contribution in [3.63, 3.8) is 0 Å². The van der Waals surface area contributed by atoms with Gasteiger partial charge in [-0.2, -0.15) is 0 Å². The molecule has 108 valence electrons. The van der Waals surface area contributed by atoms with Gasteiger partial charge in [-0.05, 0) is 30.0 Å². The van der Waals surface area contributed by atoms with Gasteiger partial charge in [0.2, 0.25) is 0 Å². The molecule has 2 heterocycles. The molecule has 3 aliphatic rings. The van der Waals surface area contributed by atoms with E-state index in [1.165, 1.54) is 5.56 Å². The normalized spacial score (nSPS) is 28.4. The standard InChI is InChI=1S/C16H22FN3/c17-15-3-1-2-14-13(15)4-5-16(14)20-8-6-19(7-9-20)12-10-18-11-12/h1-3,12,16,18H,4-11H2. The van der Waals surface area contributed by atoms with E-state index in [4.69, 9.17) is 0 Å². The van der Waals surface area contributed by atoms with Gasteiger partial charge in [0.25, 0.3) is 0 Å². The molecule has 1 aromatic carbocycles. The Morgan fingerprint density at radius 1 is 1.05 bits per heavy atom. The van der Waals surface area contributed by atoms with Gasteiger partial charge in [0.15, 0.2) is 0 Å². The first-order valence-corrected chi connectivity index (χ1v) is 7.79. The molecule has 1 N–H and O–H groups in total. The summed E-state index contributed by atoms with van der Waals surface area (Å²) in [4.78, 5) is 5.17. The fraction of sp³-hybridized carbons (Fsp3) is 0.625. The molecule has 0 saturated carbocycles. The Morgan fingerprint density at radius 2 is 1.80 bits per heavy atom. The molecule has 1 unspecified atom stereocenters. The van der Waals surface area contributed by atoms with Crippen molar-refractivity contribution >= 4 is 0 Å². The van der Waals surface area contributed by atoms with Gasteiger partial charge < -0.3 is 5.32 Å². The van der Waals surface area contributed by atoms with Gasteiger partial charge >= 0.3 is 0 Å². The molecule has 4 heteroatoms. The molecule has 1 atom stereocenters.